The minimum atomic E-state index is 0.585. The van der Waals surface area contributed by atoms with Crippen LogP contribution >= 0.6 is 0 Å². The van der Waals surface area contributed by atoms with Crippen LogP contribution < -0.4 is 10.1 Å². The van der Waals surface area contributed by atoms with Gasteiger partial charge in [-0.15, -0.1) is 0 Å². The van der Waals surface area contributed by atoms with E-state index < -0.39 is 0 Å². The van der Waals surface area contributed by atoms with Crippen molar-refractivity contribution >= 4 is 0 Å². The van der Waals surface area contributed by atoms with Gasteiger partial charge >= 0.3 is 0 Å². The van der Waals surface area contributed by atoms with Gasteiger partial charge in [-0.3, -0.25) is 0 Å². The van der Waals surface area contributed by atoms with Crippen molar-refractivity contribution in [2.24, 2.45) is 0 Å². The average molecular weight is 279 g/mol. The van der Waals surface area contributed by atoms with Gasteiger partial charge in [-0.25, -0.2) is 0 Å². The standard InChI is InChI=1S/C17H29NO2/c1-4-5-6-8-15(2)18-11-12-20-14-16-9-7-10-17(13-16)19-3/h7,9-10,13,15,18H,4-6,8,11-12,14H2,1-3H3. The van der Waals surface area contributed by atoms with Gasteiger partial charge in [-0.05, 0) is 31.0 Å². The smallest absolute Gasteiger partial charge is 0.119 e. The number of hydrogen-bond donors (Lipinski definition) is 1. The Labute approximate surface area is 123 Å². The molecule has 0 saturated heterocycles. The van der Waals surface area contributed by atoms with Crippen molar-refractivity contribution in [1.82, 2.24) is 5.32 Å². The van der Waals surface area contributed by atoms with Crippen LogP contribution in [0.25, 0.3) is 0 Å². The number of methoxy groups -OCH3 is 1. The van der Waals surface area contributed by atoms with Crippen molar-refractivity contribution < 1.29 is 9.47 Å². The molecule has 0 spiro atoms. The molecule has 1 aromatic carbocycles. The second-order valence-electron chi connectivity index (χ2n) is 5.26. The highest BCUT2D eigenvalue weighted by Gasteiger charge is 2.00. The molecule has 1 aromatic rings. The highest BCUT2D eigenvalue weighted by atomic mass is 16.5. The zero-order valence-corrected chi connectivity index (χ0v) is 13.2. The summed E-state index contributed by atoms with van der Waals surface area (Å²) < 4.78 is 10.9. The molecule has 1 rings (SSSR count). The monoisotopic (exact) mass is 279 g/mol. The van der Waals surface area contributed by atoms with Crippen LogP contribution in [0, 0.1) is 0 Å². The van der Waals surface area contributed by atoms with E-state index in [0.29, 0.717) is 12.6 Å². The Bertz CT molecular complexity index is 355. The van der Waals surface area contributed by atoms with Gasteiger partial charge < -0.3 is 14.8 Å². The minimum Gasteiger partial charge on any atom is -0.497 e. The number of unbranched alkanes of at least 4 members (excludes halogenated alkanes) is 2. The maximum atomic E-state index is 5.68. The Morgan fingerprint density at radius 3 is 2.85 bits per heavy atom. The van der Waals surface area contributed by atoms with E-state index in [4.69, 9.17) is 9.47 Å². The molecule has 0 saturated carbocycles. The SMILES string of the molecule is CCCCCC(C)NCCOCc1cccc(OC)c1. The van der Waals surface area contributed by atoms with Gasteiger partial charge in [0.15, 0.2) is 0 Å². The molecule has 1 unspecified atom stereocenters. The second-order valence-corrected chi connectivity index (χ2v) is 5.26. The number of nitrogens with one attached hydrogen (secondary N) is 1. The summed E-state index contributed by atoms with van der Waals surface area (Å²) in [5.74, 6) is 0.883. The van der Waals surface area contributed by atoms with Crippen molar-refractivity contribution in [3.8, 4) is 5.75 Å². The fourth-order valence-electron chi connectivity index (χ4n) is 2.13. The largest absolute Gasteiger partial charge is 0.497 e. The number of hydrogen-bond acceptors (Lipinski definition) is 3. The molecule has 3 nitrogen and oxygen atoms in total. The first-order valence-corrected chi connectivity index (χ1v) is 7.70. The molecule has 0 fully saturated rings. The predicted molar refractivity (Wildman–Crippen MR) is 84.3 cm³/mol. The van der Waals surface area contributed by atoms with Gasteiger partial charge in [-0.2, -0.15) is 0 Å². The van der Waals surface area contributed by atoms with Gasteiger partial charge in [0.1, 0.15) is 5.75 Å². The zero-order valence-electron chi connectivity index (χ0n) is 13.2. The number of benzene rings is 1. The maximum Gasteiger partial charge on any atom is 0.119 e. The third-order valence-corrected chi connectivity index (χ3v) is 3.38. The van der Waals surface area contributed by atoms with Crippen LogP contribution in [0.3, 0.4) is 0 Å². The molecule has 0 aliphatic heterocycles. The van der Waals surface area contributed by atoms with Crippen molar-refractivity contribution in [3.05, 3.63) is 29.8 Å². The Kier molecular flexibility index (Phi) is 9.09. The van der Waals surface area contributed by atoms with Crippen LogP contribution in [0.1, 0.15) is 45.1 Å². The average Bonchev–Trinajstić information content (AvgIpc) is 2.47. The van der Waals surface area contributed by atoms with Crippen molar-refractivity contribution in [2.45, 2.75) is 52.2 Å². The molecule has 0 bridgehead atoms. The van der Waals surface area contributed by atoms with Gasteiger partial charge in [0, 0.05) is 12.6 Å². The van der Waals surface area contributed by atoms with E-state index in [1.165, 1.54) is 25.7 Å². The summed E-state index contributed by atoms with van der Waals surface area (Å²) in [5.41, 5.74) is 1.15. The molecule has 0 aliphatic carbocycles. The van der Waals surface area contributed by atoms with Gasteiger partial charge in [0.25, 0.3) is 0 Å². The molecule has 1 N–H and O–H groups in total. The molecule has 0 radical (unpaired) electrons. The molecular formula is C17H29NO2. The first-order valence-electron chi connectivity index (χ1n) is 7.70. The molecule has 20 heavy (non-hydrogen) atoms. The summed E-state index contributed by atoms with van der Waals surface area (Å²) in [6, 6.07) is 8.60. The molecule has 0 heterocycles. The summed E-state index contributed by atoms with van der Waals surface area (Å²) in [7, 11) is 1.68. The van der Waals surface area contributed by atoms with E-state index >= 15 is 0 Å². The van der Waals surface area contributed by atoms with Gasteiger partial charge in [0.2, 0.25) is 0 Å². The number of rotatable bonds is 11. The highest BCUT2D eigenvalue weighted by Crippen LogP contribution is 2.13. The number of ether oxygens (including phenoxy) is 2. The highest BCUT2D eigenvalue weighted by molar-refractivity contribution is 5.27. The lowest BCUT2D eigenvalue weighted by molar-refractivity contribution is 0.120. The first kappa shape index (κ1) is 17.0. The quantitative estimate of drug-likeness (QED) is 0.625. The molecular weight excluding hydrogens is 250 g/mol. The van der Waals surface area contributed by atoms with E-state index in [-0.39, 0.29) is 0 Å². The van der Waals surface area contributed by atoms with Crippen LogP contribution in [-0.2, 0) is 11.3 Å². The fraction of sp³-hybridized carbons (Fsp3) is 0.647. The Balaban J connectivity index is 2.06. The van der Waals surface area contributed by atoms with E-state index in [9.17, 15) is 0 Å². The fourth-order valence-corrected chi connectivity index (χ4v) is 2.13. The second kappa shape index (κ2) is 10.7. The lowest BCUT2D eigenvalue weighted by Crippen LogP contribution is -2.29. The van der Waals surface area contributed by atoms with Crippen molar-refractivity contribution in [3.63, 3.8) is 0 Å². The van der Waals surface area contributed by atoms with Crippen molar-refractivity contribution in [1.29, 1.82) is 0 Å². The predicted octanol–water partition coefficient (Wildman–Crippen LogP) is 3.77. The molecule has 0 amide bonds. The first-order chi connectivity index (χ1) is 9.76. The third kappa shape index (κ3) is 7.51. The van der Waals surface area contributed by atoms with Crippen LogP contribution in [0.2, 0.25) is 0 Å². The van der Waals surface area contributed by atoms with Crippen LogP contribution in [-0.4, -0.2) is 26.3 Å². The lowest BCUT2D eigenvalue weighted by Gasteiger charge is -2.13. The Morgan fingerprint density at radius 1 is 1.25 bits per heavy atom. The topological polar surface area (TPSA) is 30.5 Å². The Hall–Kier alpha value is -1.06. The summed E-state index contributed by atoms with van der Waals surface area (Å²) in [4.78, 5) is 0. The van der Waals surface area contributed by atoms with Crippen molar-refractivity contribution in [2.75, 3.05) is 20.3 Å². The van der Waals surface area contributed by atoms with E-state index in [1.807, 2.05) is 18.2 Å². The Morgan fingerprint density at radius 2 is 2.10 bits per heavy atom. The molecule has 0 aromatic heterocycles. The molecule has 114 valence electrons. The van der Waals surface area contributed by atoms with Gasteiger partial charge in [0.05, 0.1) is 20.3 Å². The van der Waals surface area contributed by atoms with E-state index in [1.54, 1.807) is 7.11 Å². The molecule has 1 atom stereocenters. The zero-order chi connectivity index (χ0) is 14.6. The summed E-state index contributed by atoms with van der Waals surface area (Å²) >= 11 is 0. The van der Waals surface area contributed by atoms with Gasteiger partial charge in [-0.1, -0.05) is 38.3 Å². The van der Waals surface area contributed by atoms with Crippen LogP contribution in [0.4, 0.5) is 0 Å². The van der Waals surface area contributed by atoms with Crippen LogP contribution in [0.15, 0.2) is 24.3 Å². The third-order valence-electron chi connectivity index (χ3n) is 3.38. The van der Waals surface area contributed by atoms with E-state index in [0.717, 1.165) is 24.5 Å². The normalized spacial score (nSPS) is 12.3. The molecule has 3 heteroatoms. The minimum absolute atomic E-state index is 0.585. The summed E-state index contributed by atoms with van der Waals surface area (Å²) in [5, 5.41) is 3.50. The lowest BCUT2D eigenvalue weighted by atomic mass is 10.1. The van der Waals surface area contributed by atoms with E-state index in [2.05, 4.69) is 25.2 Å². The summed E-state index contributed by atoms with van der Waals surface area (Å²) in [6.45, 7) is 6.79. The van der Waals surface area contributed by atoms with Crippen LogP contribution in [0.5, 0.6) is 5.75 Å². The summed E-state index contributed by atoms with van der Waals surface area (Å²) in [6.07, 6.45) is 5.19. The molecule has 0 aliphatic rings. The maximum absolute atomic E-state index is 5.68.